The van der Waals surface area contributed by atoms with Gasteiger partial charge in [0.1, 0.15) is 0 Å². The van der Waals surface area contributed by atoms with Crippen LogP contribution in [0, 0.1) is 5.92 Å². The minimum atomic E-state index is 0.700. The van der Waals surface area contributed by atoms with E-state index < -0.39 is 0 Å². The summed E-state index contributed by atoms with van der Waals surface area (Å²) in [6.07, 6.45) is 2.62. The molecule has 3 heteroatoms. The Balaban J connectivity index is 2.28. The molecule has 0 spiro atoms. The van der Waals surface area contributed by atoms with Crippen molar-refractivity contribution >= 4 is 0 Å². The van der Waals surface area contributed by atoms with Crippen LogP contribution in [0.1, 0.15) is 26.7 Å². The van der Waals surface area contributed by atoms with Crippen LogP contribution in [0.25, 0.3) is 0 Å². The van der Waals surface area contributed by atoms with Crippen LogP contribution in [0.4, 0.5) is 0 Å². The monoisotopic (exact) mass is 227 g/mol. The lowest BCUT2D eigenvalue weighted by Gasteiger charge is -2.29. The standard InChI is InChI=1S/C13H29N3/c1-5-13(9-14-6-2)16(4)11-12-7-8-15(3)10-12/h12-14H,5-11H2,1-4H3. The summed E-state index contributed by atoms with van der Waals surface area (Å²) in [5, 5.41) is 3.46. The number of nitrogens with zero attached hydrogens (tertiary/aromatic N) is 2. The van der Waals surface area contributed by atoms with Crippen molar-refractivity contribution in [3.8, 4) is 0 Å². The van der Waals surface area contributed by atoms with Gasteiger partial charge < -0.3 is 15.1 Å². The van der Waals surface area contributed by atoms with E-state index in [2.05, 4.69) is 43.1 Å². The predicted octanol–water partition coefficient (Wildman–Crippen LogP) is 1.26. The molecule has 0 saturated carbocycles. The van der Waals surface area contributed by atoms with Crippen LogP contribution in [0.5, 0.6) is 0 Å². The van der Waals surface area contributed by atoms with Gasteiger partial charge >= 0.3 is 0 Å². The molecule has 1 fully saturated rings. The van der Waals surface area contributed by atoms with Crippen molar-refractivity contribution in [3.63, 3.8) is 0 Å². The van der Waals surface area contributed by atoms with Crippen LogP contribution >= 0.6 is 0 Å². The Morgan fingerprint density at radius 1 is 1.44 bits per heavy atom. The highest BCUT2D eigenvalue weighted by molar-refractivity contribution is 4.78. The smallest absolute Gasteiger partial charge is 0.0215 e. The Bertz CT molecular complexity index is 184. The number of hydrogen-bond acceptors (Lipinski definition) is 3. The maximum Gasteiger partial charge on any atom is 0.0215 e. The van der Waals surface area contributed by atoms with E-state index in [0.717, 1.165) is 19.0 Å². The minimum Gasteiger partial charge on any atom is -0.315 e. The SMILES string of the molecule is CCNCC(CC)N(C)CC1CCN(C)C1. The van der Waals surface area contributed by atoms with Crippen molar-refractivity contribution in [1.82, 2.24) is 15.1 Å². The molecule has 2 atom stereocenters. The van der Waals surface area contributed by atoms with Crippen molar-refractivity contribution in [1.29, 1.82) is 0 Å². The predicted molar refractivity (Wildman–Crippen MR) is 70.9 cm³/mol. The first-order valence-electron chi connectivity index (χ1n) is 6.76. The summed E-state index contributed by atoms with van der Waals surface area (Å²) in [6, 6.07) is 0.700. The Morgan fingerprint density at radius 3 is 2.69 bits per heavy atom. The highest BCUT2D eigenvalue weighted by Gasteiger charge is 2.22. The molecule has 0 radical (unpaired) electrons. The summed E-state index contributed by atoms with van der Waals surface area (Å²) in [5.74, 6) is 0.880. The second-order valence-electron chi connectivity index (χ2n) is 5.23. The normalized spacial score (nSPS) is 24.2. The van der Waals surface area contributed by atoms with Crippen molar-refractivity contribution < 1.29 is 0 Å². The van der Waals surface area contributed by atoms with Crippen molar-refractivity contribution in [3.05, 3.63) is 0 Å². The molecule has 0 aliphatic carbocycles. The fourth-order valence-corrected chi connectivity index (χ4v) is 2.65. The van der Waals surface area contributed by atoms with Gasteiger partial charge in [0.15, 0.2) is 0 Å². The van der Waals surface area contributed by atoms with Crippen molar-refractivity contribution in [2.45, 2.75) is 32.7 Å². The molecule has 1 aliphatic heterocycles. The third-order valence-corrected chi connectivity index (χ3v) is 3.76. The Labute approximate surface area is 101 Å². The van der Waals surface area contributed by atoms with Gasteiger partial charge in [0.05, 0.1) is 0 Å². The van der Waals surface area contributed by atoms with E-state index in [4.69, 9.17) is 0 Å². The Kier molecular flexibility index (Phi) is 6.32. The molecule has 1 N–H and O–H groups in total. The van der Waals surface area contributed by atoms with Crippen molar-refractivity contribution in [2.75, 3.05) is 46.8 Å². The molecule has 96 valence electrons. The zero-order valence-corrected chi connectivity index (χ0v) is 11.5. The maximum absolute atomic E-state index is 3.46. The molecule has 0 aromatic rings. The molecule has 0 bridgehead atoms. The lowest BCUT2D eigenvalue weighted by atomic mass is 10.1. The average molecular weight is 227 g/mol. The lowest BCUT2D eigenvalue weighted by molar-refractivity contribution is 0.197. The highest BCUT2D eigenvalue weighted by atomic mass is 15.2. The summed E-state index contributed by atoms with van der Waals surface area (Å²) < 4.78 is 0. The van der Waals surface area contributed by atoms with Gasteiger partial charge in [0, 0.05) is 25.7 Å². The molecule has 0 aromatic carbocycles. The fourth-order valence-electron chi connectivity index (χ4n) is 2.65. The molecular formula is C13H29N3. The van der Waals surface area contributed by atoms with Gasteiger partial charge in [0.2, 0.25) is 0 Å². The van der Waals surface area contributed by atoms with E-state index in [-0.39, 0.29) is 0 Å². The first kappa shape index (κ1) is 13.9. The van der Waals surface area contributed by atoms with E-state index in [1.807, 2.05) is 0 Å². The first-order chi connectivity index (χ1) is 7.67. The first-order valence-corrected chi connectivity index (χ1v) is 6.76. The minimum absolute atomic E-state index is 0.700. The third-order valence-electron chi connectivity index (χ3n) is 3.76. The van der Waals surface area contributed by atoms with Gasteiger partial charge in [-0.3, -0.25) is 0 Å². The van der Waals surface area contributed by atoms with Crippen LogP contribution in [0.3, 0.4) is 0 Å². The van der Waals surface area contributed by atoms with Gasteiger partial charge in [-0.1, -0.05) is 13.8 Å². The van der Waals surface area contributed by atoms with Gasteiger partial charge in [-0.25, -0.2) is 0 Å². The quantitative estimate of drug-likeness (QED) is 0.706. The Morgan fingerprint density at radius 2 is 2.19 bits per heavy atom. The van der Waals surface area contributed by atoms with Crippen LogP contribution in [-0.4, -0.2) is 62.7 Å². The molecule has 0 amide bonds. The summed E-state index contributed by atoms with van der Waals surface area (Å²) in [5.41, 5.74) is 0. The largest absolute Gasteiger partial charge is 0.315 e. The number of likely N-dealkylation sites (N-methyl/N-ethyl adjacent to an activating group) is 2. The van der Waals surface area contributed by atoms with E-state index in [9.17, 15) is 0 Å². The topological polar surface area (TPSA) is 18.5 Å². The summed E-state index contributed by atoms with van der Waals surface area (Å²) in [7, 11) is 4.51. The summed E-state index contributed by atoms with van der Waals surface area (Å²) >= 11 is 0. The van der Waals surface area contributed by atoms with Crippen LogP contribution in [0.2, 0.25) is 0 Å². The molecule has 1 heterocycles. The van der Waals surface area contributed by atoms with Gasteiger partial charge in [0.25, 0.3) is 0 Å². The Hall–Kier alpha value is -0.120. The molecule has 1 rings (SSSR count). The number of rotatable bonds is 7. The van der Waals surface area contributed by atoms with Gasteiger partial charge in [-0.2, -0.15) is 0 Å². The number of hydrogen-bond donors (Lipinski definition) is 1. The second kappa shape index (κ2) is 7.25. The summed E-state index contributed by atoms with van der Waals surface area (Å²) in [4.78, 5) is 5.00. The van der Waals surface area contributed by atoms with Gasteiger partial charge in [-0.15, -0.1) is 0 Å². The maximum atomic E-state index is 3.46. The average Bonchev–Trinajstić information content (AvgIpc) is 2.65. The van der Waals surface area contributed by atoms with Crippen LogP contribution in [-0.2, 0) is 0 Å². The fraction of sp³-hybridized carbons (Fsp3) is 1.00. The number of likely N-dealkylation sites (tertiary alicyclic amines) is 1. The lowest BCUT2D eigenvalue weighted by Crippen LogP contribution is -2.42. The van der Waals surface area contributed by atoms with E-state index in [1.54, 1.807) is 0 Å². The van der Waals surface area contributed by atoms with Crippen molar-refractivity contribution in [2.24, 2.45) is 5.92 Å². The van der Waals surface area contributed by atoms with Crippen LogP contribution in [0.15, 0.2) is 0 Å². The highest BCUT2D eigenvalue weighted by Crippen LogP contribution is 2.16. The zero-order chi connectivity index (χ0) is 12.0. The molecule has 1 saturated heterocycles. The molecular weight excluding hydrogens is 198 g/mol. The molecule has 16 heavy (non-hydrogen) atoms. The zero-order valence-electron chi connectivity index (χ0n) is 11.5. The molecule has 3 nitrogen and oxygen atoms in total. The van der Waals surface area contributed by atoms with Crippen LogP contribution < -0.4 is 5.32 Å². The van der Waals surface area contributed by atoms with Gasteiger partial charge in [-0.05, 0) is 45.9 Å². The van der Waals surface area contributed by atoms with E-state index in [1.165, 1.54) is 32.5 Å². The van der Waals surface area contributed by atoms with E-state index >= 15 is 0 Å². The molecule has 1 aliphatic rings. The number of nitrogens with one attached hydrogen (secondary N) is 1. The third kappa shape index (κ3) is 4.40. The molecule has 0 aromatic heterocycles. The van der Waals surface area contributed by atoms with E-state index in [0.29, 0.717) is 6.04 Å². The molecule has 2 unspecified atom stereocenters. The second-order valence-corrected chi connectivity index (χ2v) is 5.23. The summed E-state index contributed by atoms with van der Waals surface area (Å²) in [6.45, 7) is 10.5.